The van der Waals surface area contributed by atoms with Gasteiger partial charge >= 0.3 is 5.97 Å². The summed E-state index contributed by atoms with van der Waals surface area (Å²) in [5, 5.41) is 9.17. The van der Waals surface area contributed by atoms with Gasteiger partial charge in [0.25, 0.3) is 0 Å². The zero-order chi connectivity index (χ0) is 26.1. The molecule has 3 heterocycles. The van der Waals surface area contributed by atoms with E-state index in [1.165, 1.54) is 0 Å². The first-order chi connectivity index (χ1) is 17.5. The number of fused-ring (bicyclic) bond motifs is 1. The molecule has 1 spiro atoms. The predicted octanol–water partition coefficient (Wildman–Crippen LogP) is 3.24. The van der Waals surface area contributed by atoms with Gasteiger partial charge in [0.05, 0.1) is 24.5 Å². The monoisotopic (exact) mass is 504 g/mol. The second-order valence-electron chi connectivity index (χ2n) is 10.3. The largest absolute Gasteiger partial charge is 0.465 e. The molecule has 8 nitrogen and oxygen atoms in total. The Morgan fingerprint density at radius 2 is 2.00 bits per heavy atom. The van der Waals surface area contributed by atoms with Crippen LogP contribution < -0.4 is 0 Å². The third-order valence-corrected chi connectivity index (χ3v) is 7.85. The summed E-state index contributed by atoms with van der Waals surface area (Å²) >= 11 is 0. The number of unbranched alkanes of at least 4 members (excludes halogenated alkanes) is 5. The summed E-state index contributed by atoms with van der Waals surface area (Å²) in [5.74, 6) is -2.06. The average Bonchev–Trinajstić information content (AvgIpc) is 3.51. The molecule has 2 amide bonds. The summed E-state index contributed by atoms with van der Waals surface area (Å²) in [7, 11) is 0. The van der Waals surface area contributed by atoms with Crippen LogP contribution in [0.5, 0.6) is 0 Å². The van der Waals surface area contributed by atoms with E-state index in [4.69, 9.17) is 14.6 Å². The molecule has 3 saturated heterocycles. The van der Waals surface area contributed by atoms with E-state index < -0.39 is 29.6 Å². The minimum atomic E-state index is -0.992. The summed E-state index contributed by atoms with van der Waals surface area (Å²) in [6, 6.07) is -0.753. The van der Waals surface area contributed by atoms with E-state index in [2.05, 4.69) is 20.1 Å². The molecule has 3 aliphatic heterocycles. The Morgan fingerprint density at radius 3 is 2.69 bits per heavy atom. The van der Waals surface area contributed by atoms with Crippen LogP contribution in [-0.4, -0.2) is 83.3 Å². The van der Waals surface area contributed by atoms with Crippen molar-refractivity contribution in [3.05, 3.63) is 25.3 Å². The quantitative estimate of drug-likeness (QED) is 0.186. The molecule has 0 aromatic heterocycles. The maximum absolute atomic E-state index is 14.0. The minimum Gasteiger partial charge on any atom is -0.465 e. The molecule has 0 aromatic carbocycles. The number of nitrogens with zero attached hydrogens (tertiary/aromatic N) is 2. The highest BCUT2D eigenvalue weighted by atomic mass is 16.6. The summed E-state index contributed by atoms with van der Waals surface area (Å²) in [6.07, 6.45) is 10.8. The van der Waals surface area contributed by atoms with Gasteiger partial charge < -0.3 is 24.4 Å². The molecule has 8 heteroatoms. The number of allylic oxidation sites excluding steroid dienone is 1. The Balaban J connectivity index is 1.84. The van der Waals surface area contributed by atoms with Crippen LogP contribution >= 0.6 is 0 Å². The van der Waals surface area contributed by atoms with Gasteiger partial charge in [-0.05, 0) is 57.8 Å². The molecule has 3 rings (SSSR count). The Hall–Kier alpha value is -2.19. The number of amides is 2. The highest BCUT2D eigenvalue weighted by Crippen LogP contribution is 2.58. The van der Waals surface area contributed by atoms with E-state index in [0.717, 1.165) is 38.5 Å². The Kier molecular flexibility index (Phi) is 10.5. The van der Waals surface area contributed by atoms with E-state index in [9.17, 15) is 14.4 Å². The maximum Gasteiger partial charge on any atom is 0.312 e. The highest BCUT2D eigenvalue weighted by Gasteiger charge is 2.74. The third kappa shape index (κ3) is 5.70. The van der Waals surface area contributed by atoms with Gasteiger partial charge in [0.15, 0.2) is 0 Å². The van der Waals surface area contributed by atoms with Crippen LogP contribution in [0.4, 0.5) is 0 Å². The van der Waals surface area contributed by atoms with Gasteiger partial charge in [0.1, 0.15) is 11.6 Å². The molecule has 1 N–H and O–H groups in total. The van der Waals surface area contributed by atoms with Gasteiger partial charge in [-0.3, -0.25) is 14.4 Å². The first-order valence-electron chi connectivity index (χ1n) is 13.7. The van der Waals surface area contributed by atoms with Crippen molar-refractivity contribution < 1.29 is 29.0 Å². The zero-order valence-corrected chi connectivity index (χ0v) is 21.9. The molecule has 3 fully saturated rings. The molecule has 202 valence electrons. The lowest BCUT2D eigenvalue weighted by molar-refractivity contribution is -0.155. The van der Waals surface area contributed by atoms with Crippen LogP contribution in [0.25, 0.3) is 0 Å². The van der Waals surface area contributed by atoms with Crippen LogP contribution in [0.3, 0.4) is 0 Å². The predicted molar refractivity (Wildman–Crippen MR) is 137 cm³/mol. The number of likely N-dealkylation sites (tertiary alicyclic amines) is 1. The van der Waals surface area contributed by atoms with Crippen LogP contribution in [-0.2, 0) is 23.9 Å². The number of ether oxygens (including phenoxy) is 2. The number of aliphatic hydroxyl groups excluding tert-OH is 1. The fourth-order valence-electron chi connectivity index (χ4n) is 6.14. The smallest absolute Gasteiger partial charge is 0.312 e. The fraction of sp³-hybridized carbons (Fsp3) is 0.750. The van der Waals surface area contributed by atoms with Crippen molar-refractivity contribution in [1.82, 2.24) is 9.80 Å². The lowest BCUT2D eigenvalue weighted by Gasteiger charge is -2.36. The first-order valence-corrected chi connectivity index (χ1v) is 13.7. The van der Waals surface area contributed by atoms with Crippen molar-refractivity contribution in [2.75, 3.05) is 32.8 Å². The maximum atomic E-state index is 14.0. The molecule has 0 aromatic rings. The van der Waals surface area contributed by atoms with Gasteiger partial charge in [0.2, 0.25) is 11.8 Å². The molecule has 5 atom stereocenters. The lowest BCUT2D eigenvalue weighted by Crippen LogP contribution is -2.56. The van der Waals surface area contributed by atoms with E-state index in [-0.39, 0.29) is 24.4 Å². The van der Waals surface area contributed by atoms with Gasteiger partial charge in [-0.2, -0.15) is 0 Å². The topological polar surface area (TPSA) is 96.4 Å². The summed E-state index contributed by atoms with van der Waals surface area (Å²) in [4.78, 5) is 44.5. The molecule has 3 aliphatic rings. The lowest BCUT2D eigenvalue weighted by atomic mass is 9.70. The van der Waals surface area contributed by atoms with Gasteiger partial charge in [-0.15, -0.1) is 13.2 Å². The molecule has 0 radical (unpaired) electrons. The van der Waals surface area contributed by atoms with E-state index in [1.807, 2.05) is 6.08 Å². The normalized spacial score (nSPS) is 28.3. The van der Waals surface area contributed by atoms with Crippen LogP contribution in [0.1, 0.15) is 71.1 Å². The molecule has 2 unspecified atom stereocenters. The van der Waals surface area contributed by atoms with Crippen LogP contribution in [0.15, 0.2) is 25.3 Å². The number of hydrogen-bond donors (Lipinski definition) is 1. The fourth-order valence-corrected chi connectivity index (χ4v) is 6.14. The summed E-state index contributed by atoms with van der Waals surface area (Å²) < 4.78 is 12.1. The first kappa shape index (κ1) is 28.4. The molecular weight excluding hydrogens is 460 g/mol. The number of hydrogen-bond acceptors (Lipinski definition) is 6. The Morgan fingerprint density at radius 1 is 1.19 bits per heavy atom. The standard InChI is InChI=1S/C28H44N2O6/c1-4-7-9-13-20-35-27(34)22-21-14-15-28(36-21)23(22)25(32)30(18-11-10-12-19-31)24(28)26(33)29(16-6-3)17-8-5-2/h4,6,21-24,31H,1,3,5,7-20H2,2H3/t21-,22+,23-,24?,28?/m0/s1. The Labute approximate surface area is 215 Å². The minimum absolute atomic E-state index is 0.0957. The third-order valence-electron chi connectivity index (χ3n) is 7.85. The van der Waals surface area contributed by atoms with E-state index in [1.54, 1.807) is 15.9 Å². The summed E-state index contributed by atoms with van der Waals surface area (Å²) in [6.45, 7) is 11.4. The second-order valence-corrected chi connectivity index (χ2v) is 10.3. The van der Waals surface area contributed by atoms with Crippen LogP contribution in [0, 0.1) is 11.8 Å². The van der Waals surface area contributed by atoms with Crippen molar-refractivity contribution >= 4 is 17.8 Å². The van der Waals surface area contributed by atoms with E-state index >= 15 is 0 Å². The highest BCUT2D eigenvalue weighted by molar-refractivity contribution is 5.98. The number of rotatable bonds is 17. The van der Waals surface area contributed by atoms with Crippen molar-refractivity contribution in [3.8, 4) is 0 Å². The molecule has 2 bridgehead atoms. The number of aliphatic hydroxyl groups is 1. The molecule has 0 saturated carbocycles. The van der Waals surface area contributed by atoms with E-state index in [0.29, 0.717) is 51.9 Å². The number of carbonyl (C=O) groups excluding carboxylic acids is 3. The van der Waals surface area contributed by atoms with Crippen molar-refractivity contribution in [3.63, 3.8) is 0 Å². The summed E-state index contributed by atoms with van der Waals surface area (Å²) in [5.41, 5.74) is -0.992. The molecular formula is C28H44N2O6. The van der Waals surface area contributed by atoms with Gasteiger partial charge in [-0.1, -0.05) is 25.5 Å². The van der Waals surface area contributed by atoms with Gasteiger partial charge in [-0.25, -0.2) is 0 Å². The van der Waals surface area contributed by atoms with Crippen molar-refractivity contribution in [2.45, 2.75) is 88.9 Å². The number of carbonyl (C=O) groups is 3. The Bertz CT molecular complexity index is 801. The van der Waals surface area contributed by atoms with Gasteiger partial charge in [0, 0.05) is 26.2 Å². The van der Waals surface area contributed by atoms with Crippen LogP contribution in [0.2, 0.25) is 0 Å². The SMILES string of the molecule is C=CCCCCOC(=O)[C@@H]1[C@@H]2CCC3(O2)C(C(=O)N(CC=C)CCCC)N(CCCCCO)C(=O)[C@H]13. The molecule has 0 aliphatic carbocycles. The van der Waals surface area contributed by atoms with Crippen molar-refractivity contribution in [2.24, 2.45) is 11.8 Å². The molecule has 36 heavy (non-hydrogen) atoms. The zero-order valence-electron chi connectivity index (χ0n) is 21.9. The second kappa shape index (κ2) is 13.4. The van der Waals surface area contributed by atoms with Crippen molar-refractivity contribution in [1.29, 1.82) is 0 Å². The average molecular weight is 505 g/mol. The number of esters is 1.